The normalized spacial score (nSPS) is 13.9. The predicted octanol–water partition coefficient (Wildman–Crippen LogP) is 2.22. The van der Waals surface area contributed by atoms with Crippen molar-refractivity contribution in [2.24, 2.45) is 0 Å². The molecule has 0 radical (unpaired) electrons. The van der Waals surface area contributed by atoms with E-state index in [1.807, 2.05) is 31.2 Å². The van der Waals surface area contributed by atoms with E-state index < -0.39 is 10.0 Å². The molecular weight excluding hydrogens is 340 g/mol. The molecule has 3 rings (SSSR count). The van der Waals surface area contributed by atoms with Crippen LogP contribution in [0, 0.1) is 6.92 Å². The molecule has 132 valence electrons. The zero-order valence-electron chi connectivity index (χ0n) is 14.2. The van der Waals surface area contributed by atoms with Crippen molar-refractivity contribution in [2.45, 2.75) is 25.3 Å². The highest BCUT2D eigenvalue weighted by atomic mass is 32.2. The van der Waals surface area contributed by atoms with Crippen LogP contribution in [0.4, 0.5) is 5.69 Å². The van der Waals surface area contributed by atoms with Crippen LogP contribution in [0.15, 0.2) is 47.4 Å². The molecule has 0 saturated heterocycles. The lowest BCUT2D eigenvalue weighted by Gasteiger charge is -2.29. The highest BCUT2D eigenvalue weighted by Gasteiger charge is 2.24. The standard InChI is InChI=1S/C18H20N2O4S/c1-13-4-3-5-15(10-13)12-19-25(22,23)16-6-7-18-17(11-16)20(14(2)21)8-9-24-18/h3-7,10-11,19H,8-9,12H2,1-2H3. The zero-order valence-corrected chi connectivity index (χ0v) is 15.0. The van der Waals surface area contributed by atoms with Crippen LogP contribution in [0.3, 0.4) is 0 Å². The number of rotatable bonds is 4. The fraction of sp³-hybridized carbons (Fsp3) is 0.278. The Morgan fingerprint density at radius 2 is 2.04 bits per heavy atom. The molecule has 0 saturated carbocycles. The topological polar surface area (TPSA) is 75.7 Å². The number of hydrogen-bond acceptors (Lipinski definition) is 4. The van der Waals surface area contributed by atoms with Crippen molar-refractivity contribution in [3.05, 3.63) is 53.6 Å². The molecule has 1 aliphatic heterocycles. The largest absolute Gasteiger partial charge is 0.490 e. The van der Waals surface area contributed by atoms with E-state index in [4.69, 9.17) is 4.74 Å². The molecule has 2 aromatic rings. The van der Waals surface area contributed by atoms with Crippen LogP contribution in [0.25, 0.3) is 0 Å². The van der Waals surface area contributed by atoms with Crippen molar-refractivity contribution >= 4 is 21.6 Å². The molecular formula is C18H20N2O4S. The van der Waals surface area contributed by atoms with Crippen LogP contribution in [0.2, 0.25) is 0 Å². The van der Waals surface area contributed by atoms with Gasteiger partial charge in [0.25, 0.3) is 0 Å². The maximum Gasteiger partial charge on any atom is 0.240 e. The summed E-state index contributed by atoms with van der Waals surface area (Å²) in [7, 11) is -3.70. The van der Waals surface area contributed by atoms with Gasteiger partial charge in [-0.3, -0.25) is 4.79 Å². The fourth-order valence-electron chi connectivity index (χ4n) is 2.78. The maximum absolute atomic E-state index is 12.6. The quantitative estimate of drug-likeness (QED) is 0.907. The smallest absolute Gasteiger partial charge is 0.240 e. The zero-order chi connectivity index (χ0) is 18.0. The molecule has 0 spiro atoms. The van der Waals surface area contributed by atoms with E-state index in [-0.39, 0.29) is 17.3 Å². The summed E-state index contributed by atoms with van der Waals surface area (Å²) in [5.41, 5.74) is 2.44. The van der Waals surface area contributed by atoms with E-state index in [0.717, 1.165) is 11.1 Å². The Kier molecular flexibility index (Phi) is 4.78. The maximum atomic E-state index is 12.6. The van der Waals surface area contributed by atoms with Crippen LogP contribution in [-0.2, 0) is 21.4 Å². The summed E-state index contributed by atoms with van der Waals surface area (Å²) in [6.45, 7) is 4.41. The number of aryl methyl sites for hydroxylation is 1. The summed E-state index contributed by atoms with van der Waals surface area (Å²) in [4.78, 5) is 13.4. The number of ether oxygens (including phenoxy) is 1. The molecule has 0 aromatic heterocycles. The predicted molar refractivity (Wildman–Crippen MR) is 95.2 cm³/mol. The highest BCUT2D eigenvalue weighted by Crippen LogP contribution is 2.33. The van der Waals surface area contributed by atoms with Gasteiger partial charge in [0.15, 0.2) is 0 Å². The number of fused-ring (bicyclic) bond motifs is 1. The van der Waals surface area contributed by atoms with Crippen molar-refractivity contribution in [2.75, 3.05) is 18.1 Å². The minimum absolute atomic E-state index is 0.107. The lowest BCUT2D eigenvalue weighted by atomic mass is 10.1. The number of nitrogens with one attached hydrogen (secondary N) is 1. The third kappa shape index (κ3) is 3.83. The molecule has 0 atom stereocenters. The molecule has 1 amide bonds. The van der Waals surface area contributed by atoms with E-state index in [1.54, 1.807) is 6.07 Å². The van der Waals surface area contributed by atoms with E-state index in [1.165, 1.54) is 24.0 Å². The van der Waals surface area contributed by atoms with Crippen LogP contribution in [-0.4, -0.2) is 27.5 Å². The summed E-state index contributed by atoms with van der Waals surface area (Å²) in [6, 6.07) is 12.2. The first-order valence-electron chi connectivity index (χ1n) is 7.97. The monoisotopic (exact) mass is 360 g/mol. The Morgan fingerprint density at radius 1 is 1.24 bits per heavy atom. The van der Waals surface area contributed by atoms with Crippen LogP contribution < -0.4 is 14.4 Å². The van der Waals surface area contributed by atoms with Crippen molar-refractivity contribution in [1.29, 1.82) is 0 Å². The fourth-order valence-corrected chi connectivity index (χ4v) is 3.81. The van der Waals surface area contributed by atoms with Crippen LogP contribution in [0.5, 0.6) is 5.75 Å². The van der Waals surface area contributed by atoms with Crippen molar-refractivity contribution in [3.63, 3.8) is 0 Å². The van der Waals surface area contributed by atoms with Gasteiger partial charge in [-0.15, -0.1) is 0 Å². The molecule has 1 heterocycles. The highest BCUT2D eigenvalue weighted by molar-refractivity contribution is 7.89. The summed E-state index contributed by atoms with van der Waals surface area (Å²) >= 11 is 0. The average Bonchev–Trinajstić information content (AvgIpc) is 2.59. The van der Waals surface area contributed by atoms with Gasteiger partial charge in [0.2, 0.25) is 15.9 Å². The van der Waals surface area contributed by atoms with Gasteiger partial charge < -0.3 is 9.64 Å². The number of hydrogen-bond donors (Lipinski definition) is 1. The molecule has 0 unspecified atom stereocenters. The second kappa shape index (κ2) is 6.85. The number of anilines is 1. The van der Waals surface area contributed by atoms with Gasteiger partial charge in [0.1, 0.15) is 12.4 Å². The second-order valence-electron chi connectivity index (χ2n) is 5.96. The lowest BCUT2D eigenvalue weighted by Crippen LogP contribution is -2.36. The molecule has 7 heteroatoms. The minimum Gasteiger partial charge on any atom is -0.490 e. The summed E-state index contributed by atoms with van der Waals surface area (Å²) < 4.78 is 33.3. The van der Waals surface area contributed by atoms with Crippen LogP contribution in [0.1, 0.15) is 18.1 Å². The minimum atomic E-state index is -3.70. The van der Waals surface area contributed by atoms with Gasteiger partial charge in [0, 0.05) is 13.5 Å². The Bertz CT molecular complexity index is 909. The third-order valence-electron chi connectivity index (χ3n) is 4.03. The number of sulfonamides is 1. The number of carbonyl (C=O) groups is 1. The Morgan fingerprint density at radius 3 is 2.76 bits per heavy atom. The van der Waals surface area contributed by atoms with Gasteiger partial charge >= 0.3 is 0 Å². The van der Waals surface area contributed by atoms with Crippen molar-refractivity contribution in [1.82, 2.24) is 4.72 Å². The molecule has 0 fully saturated rings. The van der Waals surface area contributed by atoms with E-state index in [2.05, 4.69) is 4.72 Å². The van der Waals surface area contributed by atoms with E-state index in [0.29, 0.717) is 24.6 Å². The Labute approximate surface area is 147 Å². The number of carbonyl (C=O) groups excluding carboxylic acids is 1. The summed E-state index contributed by atoms with van der Waals surface area (Å²) in [5, 5.41) is 0. The van der Waals surface area contributed by atoms with Gasteiger partial charge in [-0.05, 0) is 30.7 Å². The van der Waals surface area contributed by atoms with Crippen LogP contribution >= 0.6 is 0 Å². The lowest BCUT2D eigenvalue weighted by molar-refractivity contribution is -0.116. The Hall–Kier alpha value is -2.38. The van der Waals surface area contributed by atoms with Gasteiger partial charge in [-0.25, -0.2) is 13.1 Å². The SMILES string of the molecule is CC(=O)N1CCOc2ccc(S(=O)(=O)NCc3cccc(C)c3)cc21. The summed E-state index contributed by atoms with van der Waals surface area (Å²) in [6.07, 6.45) is 0. The molecule has 25 heavy (non-hydrogen) atoms. The summed E-state index contributed by atoms with van der Waals surface area (Å²) in [5.74, 6) is 0.367. The first kappa shape index (κ1) is 17.4. The third-order valence-corrected chi connectivity index (χ3v) is 5.43. The molecule has 2 aromatic carbocycles. The molecule has 0 bridgehead atoms. The molecule has 1 aliphatic rings. The number of benzene rings is 2. The Balaban J connectivity index is 1.85. The van der Waals surface area contributed by atoms with E-state index >= 15 is 0 Å². The first-order valence-corrected chi connectivity index (χ1v) is 9.45. The number of amides is 1. The average molecular weight is 360 g/mol. The van der Waals surface area contributed by atoms with Gasteiger partial charge in [0.05, 0.1) is 17.1 Å². The molecule has 6 nitrogen and oxygen atoms in total. The van der Waals surface area contributed by atoms with E-state index in [9.17, 15) is 13.2 Å². The molecule has 1 N–H and O–H groups in total. The van der Waals surface area contributed by atoms with Crippen molar-refractivity contribution in [3.8, 4) is 5.75 Å². The van der Waals surface area contributed by atoms with Crippen molar-refractivity contribution < 1.29 is 17.9 Å². The van der Waals surface area contributed by atoms with Gasteiger partial charge in [-0.1, -0.05) is 29.8 Å². The first-order chi connectivity index (χ1) is 11.9. The number of nitrogens with zero attached hydrogens (tertiary/aromatic N) is 1. The van der Waals surface area contributed by atoms with Gasteiger partial charge in [-0.2, -0.15) is 0 Å². The molecule has 0 aliphatic carbocycles. The second-order valence-corrected chi connectivity index (χ2v) is 7.73.